The summed E-state index contributed by atoms with van der Waals surface area (Å²) < 4.78 is 25.4. The SMILES string of the molecule is O=C(OC[C@H]1O[C@@H](n2ncc(=O)n(Cc3ccccc3)c2=O)[C@H](OC(=O)c2ccccc2)[C@@H]1OC(=O)c1ccccc1)c1ccccc1. The van der Waals surface area contributed by atoms with Crippen molar-refractivity contribution >= 4 is 17.9 Å². The van der Waals surface area contributed by atoms with Crippen LogP contribution in [0.2, 0.25) is 0 Å². The Morgan fingerprint density at radius 2 is 1.12 bits per heavy atom. The predicted molar refractivity (Wildman–Crippen MR) is 170 cm³/mol. The van der Waals surface area contributed by atoms with Crippen LogP contribution in [0.1, 0.15) is 42.9 Å². The molecular weight excluding hydrogens is 618 g/mol. The maximum Gasteiger partial charge on any atom is 0.350 e. The van der Waals surface area contributed by atoms with Gasteiger partial charge in [0.15, 0.2) is 18.4 Å². The second kappa shape index (κ2) is 14.5. The summed E-state index contributed by atoms with van der Waals surface area (Å²) in [5, 5.41) is 4.05. The van der Waals surface area contributed by atoms with Crippen molar-refractivity contribution in [3.05, 3.63) is 171 Å². The molecule has 1 saturated heterocycles. The van der Waals surface area contributed by atoms with Crippen molar-refractivity contribution in [2.24, 2.45) is 0 Å². The van der Waals surface area contributed by atoms with Crippen LogP contribution in [0.3, 0.4) is 0 Å². The lowest BCUT2D eigenvalue weighted by atomic mass is 10.1. The minimum Gasteiger partial charge on any atom is -0.459 e. The smallest absolute Gasteiger partial charge is 0.350 e. The zero-order chi connectivity index (χ0) is 33.5. The number of aromatic nitrogens is 3. The lowest BCUT2D eigenvalue weighted by molar-refractivity contribution is -0.0705. The molecule has 2 heterocycles. The first-order chi connectivity index (χ1) is 23.4. The predicted octanol–water partition coefficient (Wildman–Crippen LogP) is 3.66. The summed E-state index contributed by atoms with van der Waals surface area (Å²) in [5.74, 6) is -2.26. The van der Waals surface area contributed by atoms with Crippen molar-refractivity contribution in [1.29, 1.82) is 0 Å². The molecule has 1 aliphatic rings. The number of hydrogen-bond acceptors (Lipinski definition) is 10. The summed E-state index contributed by atoms with van der Waals surface area (Å²) in [4.78, 5) is 66.3. The standard InChI is InChI=1S/C36H29N3O9/c40-29-21-37-39(36(44)38(29)22-24-13-5-1-6-14-24)32-31(48-35(43)27-19-11-4-12-20-27)30(47-34(42)26-17-9-3-10-18-26)28(46-32)23-45-33(41)25-15-7-2-8-16-25/h1-21,28,30-32H,22-23H2/t28-,30-,31-,32-/m1/s1. The zero-order valence-electron chi connectivity index (χ0n) is 25.4. The summed E-state index contributed by atoms with van der Waals surface area (Å²) in [6, 6.07) is 33.2. The van der Waals surface area contributed by atoms with Crippen LogP contribution in [-0.2, 0) is 25.5 Å². The highest BCUT2D eigenvalue weighted by atomic mass is 16.7. The van der Waals surface area contributed by atoms with Crippen molar-refractivity contribution < 1.29 is 33.3 Å². The molecule has 12 heteroatoms. The molecule has 5 aromatic rings. The van der Waals surface area contributed by atoms with Crippen molar-refractivity contribution in [1.82, 2.24) is 14.3 Å². The molecule has 4 aromatic carbocycles. The van der Waals surface area contributed by atoms with Crippen molar-refractivity contribution in [2.45, 2.75) is 31.1 Å². The van der Waals surface area contributed by atoms with Crippen molar-refractivity contribution in [3.63, 3.8) is 0 Å². The summed E-state index contributed by atoms with van der Waals surface area (Å²) in [6.45, 7) is -0.526. The third-order valence-electron chi connectivity index (χ3n) is 7.59. The Kier molecular flexibility index (Phi) is 9.63. The molecule has 1 aliphatic heterocycles. The molecule has 0 saturated carbocycles. The van der Waals surface area contributed by atoms with Gasteiger partial charge in [-0.15, -0.1) is 0 Å². The van der Waals surface area contributed by atoms with Gasteiger partial charge in [0.25, 0.3) is 5.56 Å². The second-order valence-corrected chi connectivity index (χ2v) is 10.8. The van der Waals surface area contributed by atoms with Crippen molar-refractivity contribution in [2.75, 3.05) is 6.61 Å². The number of carbonyl (C=O) groups excluding carboxylic acids is 3. The Morgan fingerprint density at radius 1 is 0.646 bits per heavy atom. The van der Waals surface area contributed by atoms with Gasteiger partial charge in [-0.25, -0.2) is 19.2 Å². The summed E-state index contributed by atoms with van der Waals surface area (Å²) in [6.07, 6.45) is -4.65. The average Bonchev–Trinajstić information content (AvgIpc) is 3.46. The summed E-state index contributed by atoms with van der Waals surface area (Å²) in [7, 11) is 0. The van der Waals surface area contributed by atoms with Crippen LogP contribution < -0.4 is 11.2 Å². The Balaban J connectivity index is 1.39. The topological polar surface area (TPSA) is 145 Å². The molecule has 48 heavy (non-hydrogen) atoms. The molecule has 0 unspecified atom stereocenters. The fourth-order valence-electron chi connectivity index (χ4n) is 5.19. The minimum absolute atomic E-state index is 0.0766. The molecule has 6 rings (SSSR count). The maximum absolute atomic E-state index is 13.8. The first-order valence-electron chi connectivity index (χ1n) is 15.0. The highest BCUT2D eigenvalue weighted by Crippen LogP contribution is 2.34. The molecule has 4 atom stereocenters. The van der Waals surface area contributed by atoms with Crippen molar-refractivity contribution in [3.8, 4) is 0 Å². The molecule has 12 nitrogen and oxygen atoms in total. The second-order valence-electron chi connectivity index (χ2n) is 10.8. The third-order valence-corrected chi connectivity index (χ3v) is 7.59. The first-order valence-corrected chi connectivity index (χ1v) is 15.0. The molecule has 1 aromatic heterocycles. The van der Waals surface area contributed by atoms with Crippen LogP contribution >= 0.6 is 0 Å². The van der Waals surface area contributed by atoms with Gasteiger partial charge in [-0.05, 0) is 42.0 Å². The van der Waals surface area contributed by atoms with Gasteiger partial charge in [-0.3, -0.25) is 9.36 Å². The monoisotopic (exact) mass is 647 g/mol. The van der Waals surface area contributed by atoms with E-state index in [2.05, 4.69) is 5.10 Å². The molecule has 1 fully saturated rings. The Hall–Kier alpha value is -6.14. The van der Waals surface area contributed by atoms with Crippen LogP contribution in [-0.4, -0.2) is 57.2 Å². The summed E-state index contributed by atoms with van der Waals surface area (Å²) >= 11 is 0. The third kappa shape index (κ3) is 7.13. The van der Waals surface area contributed by atoms with E-state index in [0.29, 0.717) is 5.56 Å². The van der Waals surface area contributed by atoms with Gasteiger partial charge in [0.1, 0.15) is 18.9 Å². The lowest BCUT2D eigenvalue weighted by Crippen LogP contribution is -2.46. The van der Waals surface area contributed by atoms with Crippen LogP contribution in [0.25, 0.3) is 0 Å². The molecule has 0 bridgehead atoms. The van der Waals surface area contributed by atoms with E-state index in [0.717, 1.165) is 15.4 Å². The average molecular weight is 648 g/mol. The Labute approximate surface area is 273 Å². The van der Waals surface area contributed by atoms with Gasteiger partial charge >= 0.3 is 23.6 Å². The fourth-order valence-corrected chi connectivity index (χ4v) is 5.19. The van der Waals surface area contributed by atoms with E-state index in [-0.39, 0.29) is 23.2 Å². The molecule has 0 N–H and O–H groups in total. The van der Waals surface area contributed by atoms with E-state index in [1.54, 1.807) is 97.1 Å². The van der Waals surface area contributed by atoms with Gasteiger partial charge in [-0.2, -0.15) is 9.78 Å². The molecule has 0 radical (unpaired) electrons. The maximum atomic E-state index is 13.8. The minimum atomic E-state index is -1.50. The summed E-state index contributed by atoms with van der Waals surface area (Å²) in [5.41, 5.74) is -0.223. The van der Waals surface area contributed by atoms with Gasteiger partial charge in [-0.1, -0.05) is 84.9 Å². The zero-order valence-corrected chi connectivity index (χ0v) is 25.4. The van der Waals surface area contributed by atoms with E-state index in [9.17, 15) is 24.0 Å². The van der Waals surface area contributed by atoms with Crippen LogP contribution in [0.15, 0.2) is 137 Å². The fraction of sp³-hybridized carbons (Fsp3) is 0.167. The Bertz CT molecular complexity index is 2000. The van der Waals surface area contributed by atoms with Crippen LogP contribution in [0, 0.1) is 0 Å². The number of benzene rings is 4. The van der Waals surface area contributed by atoms with E-state index >= 15 is 0 Å². The van der Waals surface area contributed by atoms with E-state index < -0.39 is 60.3 Å². The van der Waals surface area contributed by atoms with E-state index in [1.165, 1.54) is 24.3 Å². The first kappa shape index (κ1) is 31.8. The molecule has 0 aliphatic carbocycles. The van der Waals surface area contributed by atoms with Crippen LogP contribution in [0.5, 0.6) is 0 Å². The van der Waals surface area contributed by atoms with Gasteiger partial charge in [0.2, 0.25) is 0 Å². The Morgan fingerprint density at radius 3 is 1.67 bits per heavy atom. The quantitative estimate of drug-likeness (QED) is 0.163. The highest BCUT2D eigenvalue weighted by molar-refractivity contribution is 5.91. The van der Waals surface area contributed by atoms with E-state index in [1.807, 2.05) is 0 Å². The molecule has 242 valence electrons. The normalized spacial score (nSPS) is 18.5. The largest absolute Gasteiger partial charge is 0.459 e. The highest BCUT2D eigenvalue weighted by Gasteiger charge is 2.52. The lowest BCUT2D eigenvalue weighted by Gasteiger charge is -2.24. The number of ether oxygens (including phenoxy) is 4. The molecule has 0 spiro atoms. The number of esters is 3. The molecular formula is C36H29N3O9. The van der Waals surface area contributed by atoms with Crippen LogP contribution in [0.4, 0.5) is 0 Å². The van der Waals surface area contributed by atoms with Gasteiger partial charge < -0.3 is 18.9 Å². The van der Waals surface area contributed by atoms with E-state index in [4.69, 9.17) is 18.9 Å². The number of rotatable bonds is 10. The molecule has 0 amide bonds. The van der Waals surface area contributed by atoms with Gasteiger partial charge in [0, 0.05) is 0 Å². The number of carbonyl (C=O) groups is 3. The number of nitrogens with zero attached hydrogens (tertiary/aromatic N) is 3. The number of hydrogen-bond donors (Lipinski definition) is 0. The van der Waals surface area contributed by atoms with Gasteiger partial charge in [0.05, 0.1) is 23.2 Å².